The summed E-state index contributed by atoms with van der Waals surface area (Å²) in [6, 6.07) is 23.4. The molecular weight excluding hydrogens is 287 g/mol. The van der Waals surface area contributed by atoms with Gasteiger partial charge in [0.25, 0.3) is 0 Å². The maximum Gasteiger partial charge on any atom is 0.126 e. The Balaban J connectivity index is 1.68. The van der Waals surface area contributed by atoms with Crippen molar-refractivity contribution in [2.24, 2.45) is 0 Å². The molecule has 23 heavy (non-hydrogen) atoms. The Kier molecular flexibility index (Phi) is 4.69. The van der Waals surface area contributed by atoms with Gasteiger partial charge in [0.05, 0.1) is 0 Å². The van der Waals surface area contributed by atoms with E-state index in [0.717, 1.165) is 22.4 Å². The van der Waals surface area contributed by atoms with Crippen molar-refractivity contribution in [2.75, 3.05) is 5.43 Å². The van der Waals surface area contributed by atoms with E-state index in [1.54, 1.807) is 13.0 Å². The molecule has 0 bridgehead atoms. The zero-order valence-electron chi connectivity index (χ0n) is 13.0. The van der Waals surface area contributed by atoms with Crippen molar-refractivity contribution >= 4 is 5.69 Å². The molecule has 0 aliphatic rings. The topological polar surface area (TPSA) is 24.1 Å². The molecule has 0 amide bonds. The highest BCUT2D eigenvalue weighted by Gasteiger charge is 2.03. The van der Waals surface area contributed by atoms with Gasteiger partial charge < -0.3 is 5.43 Å². The van der Waals surface area contributed by atoms with Gasteiger partial charge >= 0.3 is 0 Å². The van der Waals surface area contributed by atoms with Gasteiger partial charge in [-0.15, -0.1) is 0 Å². The van der Waals surface area contributed by atoms with Crippen LogP contribution in [-0.2, 0) is 6.54 Å². The van der Waals surface area contributed by atoms with Gasteiger partial charge in [0.2, 0.25) is 0 Å². The molecular formula is C20H19FN2. The molecule has 0 fully saturated rings. The Bertz CT molecular complexity index is 785. The van der Waals surface area contributed by atoms with Crippen LogP contribution in [0.25, 0.3) is 11.1 Å². The lowest BCUT2D eigenvalue weighted by Crippen LogP contribution is -2.20. The predicted octanol–water partition coefficient (Wildman–Crippen LogP) is 4.92. The summed E-state index contributed by atoms with van der Waals surface area (Å²) >= 11 is 0. The zero-order chi connectivity index (χ0) is 16.1. The minimum atomic E-state index is -0.170. The summed E-state index contributed by atoms with van der Waals surface area (Å²) < 4.78 is 13.7. The van der Waals surface area contributed by atoms with Crippen molar-refractivity contribution in [3.8, 4) is 11.1 Å². The summed E-state index contributed by atoms with van der Waals surface area (Å²) in [6.07, 6.45) is 0. The van der Waals surface area contributed by atoms with Gasteiger partial charge in [0.15, 0.2) is 0 Å². The van der Waals surface area contributed by atoms with Gasteiger partial charge in [-0.1, -0.05) is 48.5 Å². The van der Waals surface area contributed by atoms with E-state index in [2.05, 4.69) is 16.9 Å². The molecule has 0 heterocycles. The van der Waals surface area contributed by atoms with Crippen molar-refractivity contribution in [1.29, 1.82) is 0 Å². The standard InChI is InChI=1S/C20H19FN2/c1-15-10-11-18(13-20(15)21)17-7-5-6-16(12-17)14-22-23-19-8-3-2-4-9-19/h2-13,22-23H,14H2,1H3. The quantitative estimate of drug-likeness (QED) is 0.654. The lowest BCUT2D eigenvalue weighted by Gasteiger charge is -2.10. The second-order valence-electron chi connectivity index (χ2n) is 5.51. The lowest BCUT2D eigenvalue weighted by molar-refractivity contribution is 0.619. The van der Waals surface area contributed by atoms with Crippen LogP contribution in [0.1, 0.15) is 11.1 Å². The monoisotopic (exact) mass is 306 g/mol. The zero-order valence-corrected chi connectivity index (χ0v) is 13.0. The molecule has 3 aromatic carbocycles. The number of hydrogen-bond donors (Lipinski definition) is 2. The molecule has 3 aromatic rings. The van der Waals surface area contributed by atoms with E-state index in [9.17, 15) is 4.39 Å². The number of nitrogens with one attached hydrogen (secondary N) is 2. The molecule has 2 N–H and O–H groups in total. The lowest BCUT2D eigenvalue weighted by atomic mass is 10.0. The Morgan fingerprint density at radius 2 is 1.61 bits per heavy atom. The SMILES string of the molecule is Cc1ccc(-c2cccc(CNNc3ccccc3)c2)cc1F. The van der Waals surface area contributed by atoms with E-state index in [1.807, 2.05) is 60.7 Å². The maximum absolute atomic E-state index is 13.7. The van der Waals surface area contributed by atoms with E-state index in [-0.39, 0.29) is 5.82 Å². The van der Waals surface area contributed by atoms with Crippen molar-refractivity contribution < 1.29 is 4.39 Å². The van der Waals surface area contributed by atoms with E-state index in [4.69, 9.17) is 0 Å². The number of rotatable bonds is 5. The molecule has 0 saturated carbocycles. The number of halogens is 1. The van der Waals surface area contributed by atoms with Gasteiger partial charge in [0.1, 0.15) is 5.82 Å². The van der Waals surface area contributed by atoms with E-state index in [0.29, 0.717) is 12.1 Å². The molecule has 0 aliphatic carbocycles. The van der Waals surface area contributed by atoms with Gasteiger partial charge in [-0.3, -0.25) is 0 Å². The number of hydrogen-bond acceptors (Lipinski definition) is 2. The fraction of sp³-hybridized carbons (Fsp3) is 0.100. The molecule has 116 valence electrons. The van der Waals surface area contributed by atoms with Crippen LogP contribution < -0.4 is 10.9 Å². The van der Waals surface area contributed by atoms with Crippen molar-refractivity contribution in [1.82, 2.24) is 5.43 Å². The minimum absolute atomic E-state index is 0.170. The van der Waals surface area contributed by atoms with Crippen LogP contribution in [0.2, 0.25) is 0 Å². The highest BCUT2D eigenvalue weighted by molar-refractivity contribution is 5.64. The van der Waals surface area contributed by atoms with Crippen LogP contribution in [0, 0.1) is 12.7 Å². The third-order valence-electron chi connectivity index (χ3n) is 3.73. The fourth-order valence-electron chi connectivity index (χ4n) is 2.40. The predicted molar refractivity (Wildman–Crippen MR) is 93.5 cm³/mol. The first-order chi connectivity index (χ1) is 11.2. The first-order valence-electron chi connectivity index (χ1n) is 7.62. The van der Waals surface area contributed by atoms with E-state index < -0.39 is 0 Å². The molecule has 0 aliphatic heterocycles. The molecule has 0 aromatic heterocycles. The Hall–Kier alpha value is -2.65. The van der Waals surface area contributed by atoms with Crippen LogP contribution in [-0.4, -0.2) is 0 Å². The van der Waals surface area contributed by atoms with Gasteiger partial charge in [-0.25, -0.2) is 9.82 Å². The molecule has 3 rings (SSSR count). The molecule has 0 unspecified atom stereocenters. The van der Waals surface area contributed by atoms with Gasteiger partial charge in [-0.05, 0) is 53.4 Å². The van der Waals surface area contributed by atoms with Crippen molar-refractivity contribution in [3.05, 3.63) is 89.7 Å². The molecule has 2 nitrogen and oxygen atoms in total. The average molecular weight is 306 g/mol. The summed E-state index contributed by atoms with van der Waals surface area (Å²) in [5.74, 6) is -0.170. The highest BCUT2D eigenvalue weighted by Crippen LogP contribution is 2.22. The van der Waals surface area contributed by atoms with Crippen LogP contribution >= 0.6 is 0 Å². The van der Waals surface area contributed by atoms with E-state index >= 15 is 0 Å². The van der Waals surface area contributed by atoms with Crippen LogP contribution in [0.5, 0.6) is 0 Å². The van der Waals surface area contributed by atoms with E-state index in [1.165, 1.54) is 0 Å². The Morgan fingerprint density at radius 3 is 2.39 bits per heavy atom. The smallest absolute Gasteiger partial charge is 0.126 e. The van der Waals surface area contributed by atoms with Crippen molar-refractivity contribution in [2.45, 2.75) is 13.5 Å². The molecule has 0 saturated heterocycles. The van der Waals surface area contributed by atoms with Gasteiger partial charge in [0, 0.05) is 12.2 Å². The number of anilines is 1. The third-order valence-corrected chi connectivity index (χ3v) is 3.73. The fourth-order valence-corrected chi connectivity index (χ4v) is 2.40. The average Bonchev–Trinajstić information content (AvgIpc) is 2.59. The molecule has 0 atom stereocenters. The minimum Gasteiger partial charge on any atom is -0.321 e. The largest absolute Gasteiger partial charge is 0.321 e. The second kappa shape index (κ2) is 7.07. The first kappa shape index (κ1) is 15.3. The number of aryl methyl sites for hydroxylation is 1. The number of hydrazine groups is 1. The molecule has 0 radical (unpaired) electrons. The normalized spacial score (nSPS) is 10.5. The van der Waals surface area contributed by atoms with Crippen LogP contribution in [0.4, 0.5) is 10.1 Å². The van der Waals surface area contributed by atoms with Crippen LogP contribution in [0.15, 0.2) is 72.8 Å². The van der Waals surface area contributed by atoms with Gasteiger partial charge in [-0.2, -0.15) is 0 Å². The number of benzene rings is 3. The molecule has 3 heteroatoms. The summed E-state index contributed by atoms with van der Waals surface area (Å²) in [5.41, 5.74) is 11.1. The second-order valence-corrected chi connectivity index (χ2v) is 5.51. The highest BCUT2D eigenvalue weighted by atomic mass is 19.1. The van der Waals surface area contributed by atoms with Crippen molar-refractivity contribution in [3.63, 3.8) is 0 Å². The number of para-hydroxylation sites is 1. The molecule has 0 spiro atoms. The summed E-state index contributed by atoms with van der Waals surface area (Å²) in [5, 5.41) is 0. The summed E-state index contributed by atoms with van der Waals surface area (Å²) in [6.45, 7) is 2.45. The third kappa shape index (κ3) is 3.96. The maximum atomic E-state index is 13.7. The summed E-state index contributed by atoms with van der Waals surface area (Å²) in [4.78, 5) is 0. The first-order valence-corrected chi connectivity index (χ1v) is 7.62. The van der Waals surface area contributed by atoms with Crippen LogP contribution in [0.3, 0.4) is 0 Å². The summed E-state index contributed by atoms with van der Waals surface area (Å²) in [7, 11) is 0. The Labute approximate surface area is 136 Å². The Morgan fingerprint density at radius 1 is 0.826 bits per heavy atom.